The van der Waals surface area contributed by atoms with Gasteiger partial charge in [-0.2, -0.15) is 0 Å². The number of rotatable bonds is 7. The number of carboxylic acid groups (broad SMARTS) is 1. The van der Waals surface area contributed by atoms with E-state index in [4.69, 9.17) is 9.84 Å². The van der Waals surface area contributed by atoms with Crippen molar-refractivity contribution >= 4 is 33.5 Å². The number of halogens is 1. The Hall–Kier alpha value is -3.16. The van der Waals surface area contributed by atoms with E-state index in [0.29, 0.717) is 39.2 Å². The van der Waals surface area contributed by atoms with Gasteiger partial charge in [-0.15, -0.1) is 0 Å². The van der Waals surface area contributed by atoms with Gasteiger partial charge in [-0.1, -0.05) is 29.8 Å². The molecule has 160 valence electrons. The molecule has 31 heavy (non-hydrogen) atoms. The van der Waals surface area contributed by atoms with Crippen molar-refractivity contribution in [2.24, 2.45) is 0 Å². The second kappa shape index (κ2) is 9.76. The molecule has 0 saturated carbocycles. The summed E-state index contributed by atoms with van der Waals surface area (Å²) in [5, 5.41) is 22.7. The Morgan fingerprint density at radius 3 is 2.26 bits per heavy atom. The number of hydrogen-bond acceptors (Lipinski definition) is 4. The Morgan fingerprint density at radius 1 is 1.03 bits per heavy atom. The van der Waals surface area contributed by atoms with E-state index in [2.05, 4.69) is 21.2 Å². The molecule has 1 amide bonds. The lowest BCUT2D eigenvalue weighted by Crippen LogP contribution is -2.14. The summed E-state index contributed by atoms with van der Waals surface area (Å²) in [6.45, 7) is 4.20. The molecule has 0 heterocycles. The fraction of sp³-hybridized carbons (Fsp3) is 0.167. The zero-order valence-electron chi connectivity index (χ0n) is 17.1. The SMILES string of the molecule is CCOc1c(Br)cc(C(=O)Nc2ccc(C(=O)O)cc2)cc1C(O)c1ccc(C)cc1. The second-order valence-electron chi connectivity index (χ2n) is 6.96. The molecule has 6 nitrogen and oxygen atoms in total. The van der Waals surface area contributed by atoms with Gasteiger partial charge >= 0.3 is 5.97 Å². The van der Waals surface area contributed by atoms with Crippen LogP contribution in [0.5, 0.6) is 5.75 Å². The van der Waals surface area contributed by atoms with Gasteiger partial charge < -0.3 is 20.3 Å². The Balaban J connectivity index is 1.94. The van der Waals surface area contributed by atoms with Crippen LogP contribution in [0.4, 0.5) is 5.69 Å². The average Bonchev–Trinajstić information content (AvgIpc) is 2.75. The molecule has 0 saturated heterocycles. The van der Waals surface area contributed by atoms with Gasteiger partial charge in [-0.25, -0.2) is 4.79 Å². The van der Waals surface area contributed by atoms with Crippen LogP contribution >= 0.6 is 15.9 Å². The molecule has 0 fully saturated rings. The number of hydrogen-bond donors (Lipinski definition) is 3. The number of ether oxygens (including phenoxy) is 1. The zero-order chi connectivity index (χ0) is 22.5. The number of aromatic carboxylic acids is 1. The topological polar surface area (TPSA) is 95.9 Å². The number of aliphatic hydroxyl groups is 1. The minimum Gasteiger partial charge on any atom is -0.492 e. The minimum atomic E-state index is -1.04. The molecule has 0 aliphatic heterocycles. The average molecular weight is 484 g/mol. The highest BCUT2D eigenvalue weighted by molar-refractivity contribution is 9.10. The van der Waals surface area contributed by atoms with Crippen LogP contribution in [0.15, 0.2) is 65.1 Å². The molecule has 0 aromatic heterocycles. The summed E-state index contributed by atoms with van der Waals surface area (Å²) in [5.74, 6) is -0.967. The maximum Gasteiger partial charge on any atom is 0.335 e. The molecule has 1 atom stereocenters. The smallest absolute Gasteiger partial charge is 0.335 e. The molecule has 3 aromatic carbocycles. The van der Waals surface area contributed by atoms with E-state index < -0.39 is 18.0 Å². The molecule has 0 spiro atoms. The predicted molar refractivity (Wildman–Crippen MR) is 122 cm³/mol. The van der Waals surface area contributed by atoms with Crippen molar-refractivity contribution in [3.8, 4) is 5.75 Å². The number of carboxylic acids is 1. The van der Waals surface area contributed by atoms with E-state index in [1.807, 2.05) is 38.1 Å². The third kappa shape index (κ3) is 5.31. The first-order valence-corrected chi connectivity index (χ1v) is 10.4. The first-order chi connectivity index (χ1) is 14.8. The third-order valence-electron chi connectivity index (χ3n) is 4.70. The Bertz CT molecular complexity index is 1090. The van der Waals surface area contributed by atoms with E-state index in [1.54, 1.807) is 12.1 Å². The highest BCUT2D eigenvalue weighted by atomic mass is 79.9. The summed E-state index contributed by atoms with van der Waals surface area (Å²) >= 11 is 3.45. The highest BCUT2D eigenvalue weighted by Gasteiger charge is 2.21. The molecule has 0 bridgehead atoms. The summed E-state index contributed by atoms with van der Waals surface area (Å²) in [4.78, 5) is 23.8. The maximum atomic E-state index is 12.8. The molecule has 7 heteroatoms. The van der Waals surface area contributed by atoms with Gasteiger partial charge in [0.15, 0.2) is 0 Å². The van der Waals surface area contributed by atoms with Crippen LogP contribution in [0, 0.1) is 6.92 Å². The maximum absolute atomic E-state index is 12.8. The molecule has 1 unspecified atom stereocenters. The quantitative estimate of drug-likeness (QED) is 0.429. The lowest BCUT2D eigenvalue weighted by Gasteiger charge is -2.19. The van der Waals surface area contributed by atoms with E-state index in [1.165, 1.54) is 24.3 Å². The van der Waals surface area contributed by atoms with Crippen LogP contribution in [0.2, 0.25) is 0 Å². The largest absolute Gasteiger partial charge is 0.492 e. The highest BCUT2D eigenvalue weighted by Crippen LogP contribution is 2.37. The number of anilines is 1. The Morgan fingerprint density at radius 2 is 1.68 bits per heavy atom. The fourth-order valence-corrected chi connectivity index (χ4v) is 3.66. The lowest BCUT2D eigenvalue weighted by molar-refractivity contribution is 0.0696. The number of nitrogens with one attached hydrogen (secondary N) is 1. The van der Waals surface area contributed by atoms with Gasteiger partial charge in [0.1, 0.15) is 11.9 Å². The molecule has 0 aliphatic rings. The molecule has 3 rings (SSSR count). The standard InChI is InChI=1S/C24H22BrNO5/c1-3-31-22-19(21(27)15-6-4-14(2)5-7-15)12-17(13-20(22)25)23(28)26-18-10-8-16(9-11-18)24(29)30/h4-13,21,27H,3H2,1-2H3,(H,26,28)(H,29,30). The van der Waals surface area contributed by atoms with Crippen LogP contribution in [0.1, 0.15) is 50.4 Å². The molecular formula is C24H22BrNO5. The normalized spacial score (nSPS) is 11.6. The summed E-state index contributed by atoms with van der Waals surface area (Å²) in [6.07, 6.45) is -0.985. The van der Waals surface area contributed by atoms with Gasteiger partial charge in [-0.3, -0.25) is 4.79 Å². The van der Waals surface area contributed by atoms with E-state index in [0.717, 1.165) is 5.56 Å². The van der Waals surface area contributed by atoms with Crippen LogP contribution in [-0.2, 0) is 0 Å². The number of amides is 1. The van der Waals surface area contributed by atoms with Crippen molar-refractivity contribution in [2.75, 3.05) is 11.9 Å². The van der Waals surface area contributed by atoms with Crippen molar-refractivity contribution in [3.63, 3.8) is 0 Å². The molecule has 3 N–H and O–H groups in total. The molecular weight excluding hydrogens is 462 g/mol. The van der Waals surface area contributed by atoms with Crippen molar-refractivity contribution in [2.45, 2.75) is 20.0 Å². The first kappa shape index (κ1) is 22.5. The van der Waals surface area contributed by atoms with Gasteiger partial charge in [-0.05, 0) is 71.7 Å². The van der Waals surface area contributed by atoms with Crippen LogP contribution in [0.25, 0.3) is 0 Å². The molecule has 0 radical (unpaired) electrons. The van der Waals surface area contributed by atoms with Crippen LogP contribution in [0.3, 0.4) is 0 Å². The summed E-state index contributed by atoms with van der Waals surface area (Å²) in [5.41, 5.74) is 3.13. The third-order valence-corrected chi connectivity index (χ3v) is 5.29. The zero-order valence-corrected chi connectivity index (χ0v) is 18.6. The van der Waals surface area contributed by atoms with Crippen molar-refractivity contribution in [1.29, 1.82) is 0 Å². The Labute approximate surface area is 188 Å². The summed E-state index contributed by atoms with van der Waals surface area (Å²) in [7, 11) is 0. The summed E-state index contributed by atoms with van der Waals surface area (Å²) in [6, 6.07) is 16.6. The van der Waals surface area contributed by atoms with Gasteiger partial charge in [0.25, 0.3) is 5.91 Å². The van der Waals surface area contributed by atoms with E-state index in [9.17, 15) is 14.7 Å². The van der Waals surface area contributed by atoms with Gasteiger partial charge in [0.05, 0.1) is 16.6 Å². The van der Waals surface area contributed by atoms with E-state index >= 15 is 0 Å². The first-order valence-electron chi connectivity index (χ1n) is 9.65. The number of aryl methyl sites for hydroxylation is 1. The summed E-state index contributed by atoms with van der Waals surface area (Å²) < 4.78 is 6.27. The van der Waals surface area contributed by atoms with Crippen LogP contribution in [-0.4, -0.2) is 28.7 Å². The monoisotopic (exact) mass is 483 g/mol. The van der Waals surface area contributed by atoms with Crippen molar-refractivity contribution in [1.82, 2.24) is 0 Å². The molecule has 3 aromatic rings. The predicted octanol–water partition coefficient (Wildman–Crippen LogP) is 5.19. The van der Waals surface area contributed by atoms with Crippen molar-refractivity contribution < 1.29 is 24.5 Å². The van der Waals surface area contributed by atoms with Crippen molar-refractivity contribution in [3.05, 3.63) is 93.0 Å². The second-order valence-corrected chi connectivity index (χ2v) is 7.81. The molecule has 0 aliphatic carbocycles. The number of aliphatic hydroxyl groups excluding tert-OH is 1. The number of benzene rings is 3. The van der Waals surface area contributed by atoms with Gasteiger partial charge in [0, 0.05) is 16.8 Å². The van der Waals surface area contributed by atoms with E-state index in [-0.39, 0.29) is 5.56 Å². The minimum absolute atomic E-state index is 0.130. The van der Waals surface area contributed by atoms with Crippen LogP contribution < -0.4 is 10.1 Å². The fourth-order valence-electron chi connectivity index (χ4n) is 3.07. The van der Waals surface area contributed by atoms with Gasteiger partial charge in [0.2, 0.25) is 0 Å². The number of carbonyl (C=O) groups excluding carboxylic acids is 1. The lowest BCUT2D eigenvalue weighted by atomic mass is 9.97. The number of carbonyl (C=O) groups is 2. The Kier molecular flexibility index (Phi) is 7.09.